The largest absolute Gasteiger partial charge is 0.314 e. The molecule has 0 bridgehead atoms. The molecule has 0 spiro atoms. The fourth-order valence-electron chi connectivity index (χ4n) is 1.19. The van der Waals surface area contributed by atoms with Crippen LogP contribution in [0.3, 0.4) is 0 Å². The van der Waals surface area contributed by atoms with E-state index in [1.165, 1.54) is 12.8 Å². The molecule has 0 radical (unpaired) electrons. The van der Waals surface area contributed by atoms with Crippen molar-refractivity contribution >= 4 is 0 Å². The Bertz CT molecular complexity index is 74.1. The highest BCUT2D eigenvalue weighted by molar-refractivity contribution is 4.89. The van der Waals surface area contributed by atoms with Gasteiger partial charge in [-0.1, -0.05) is 40.0 Å². The first-order chi connectivity index (χ1) is 4.57. The highest BCUT2D eigenvalue weighted by atomic mass is 14.2. The summed E-state index contributed by atoms with van der Waals surface area (Å²) in [6.45, 7) is 11.4. The summed E-state index contributed by atoms with van der Waals surface area (Å²) in [5.41, 5.74) is 0. The van der Waals surface area contributed by atoms with Crippen LogP contribution in [0.25, 0.3) is 0 Å². The van der Waals surface area contributed by atoms with Crippen molar-refractivity contribution in [3.63, 3.8) is 0 Å². The first-order valence-electron chi connectivity index (χ1n) is 4.40. The van der Waals surface area contributed by atoms with Crippen LogP contribution in [0.1, 0.15) is 47.5 Å². The van der Waals surface area contributed by atoms with Crippen molar-refractivity contribution in [2.45, 2.75) is 47.5 Å². The van der Waals surface area contributed by atoms with Gasteiger partial charge in [0.05, 0.1) is 0 Å². The van der Waals surface area contributed by atoms with Crippen molar-refractivity contribution < 1.29 is 0 Å². The van der Waals surface area contributed by atoms with E-state index in [-0.39, 0.29) is 0 Å². The fourth-order valence-corrected chi connectivity index (χ4v) is 1.19. The van der Waals surface area contributed by atoms with Crippen LogP contribution in [0.4, 0.5) is 0 Å². The van der Waals surface area contributed by atoms with Crippen molar-refractivity contribution in [3.8, 4) is 0 Å². The van der Waals surface area contributed by atoms with Gasteiger partial charge in [0.2, 0.25) is 0 Å². The van der Waals surface area contributed by atoms with E-state index in [1.54, 1.807) is 5.92 Å². The minimum atomic E-state index is 0.822. The van der Waals surface area contributed by atoms with Gasteiger partial charge in [0.1, 0.15) is 0 Å². The summed E-state index contributed by atoms with van der Waals surface area (Å²) in [6.07, 6.45) is 2.59. The predicted octanol–water partition coefficient (Wildman–Crippen LogP) is 3.67. The Labute approximate surface area is 66.0 Å². The molecule has 0 heteroatoms. The molecule has 0 saturated carbocycles. The Morgan fingerprint density at radius 2 is 1.70 bits per heavy atom. The van der Waals surface area contributed by atoms with Gasteiger partial charge in [-0.2, -0.15) is 19.3 Å². The van der Waals surface area contributed by atoms with Crippen LogP contribution in [0, 0.1) is 17.8 Å². The lowest BCUT2D eigenvalue weighted by Gasteiger charge is -2.33. The van der Waals surface area contributed by atoms with Gasteiger partial charge in [-0.3, -0.25) is 0 Å². The van der Waals surface area contributed by atoms with Crippen LogP contribution in [0.2, 0.25) is 0 Å². The van der Waals surface area contributed by atoms with E-state index in [9.17, 15) is 0 Å². The number of hydrogen-bond donors (Lipinski definition) is 0. The molecule has 0 rings (SSSR count). The van der Waals surface area contributed by atoms with Gasteiger partial charge in [-0.05, 0) is 0 Å². The quantitative estimate of drug-likeness (QED) is 0.524. The summed E-state index contributed by atoms with van der Waals surface area (Å²) in [4.78, 5) is 0. The molecule has 0 aliphatic carbocycles. The molecule has 0 aliphatic rings. The molecule has 0 aromatic carbocycles. The average Bonchev–Trinajstić information content (AvgIpc) is 1.85. The third kappa shape index (κ3) is 3.92. The molecule has 0 fully saturated rings. The second-order valence-corrected chi connectivity index (χ2v) is 3.75. The average molecular weight is 141 g/mol. The van der Waals surface area contributed by atoms with E-state index in [2.05, 4.69) is 34.6 Å². The summed E-state index contributed by atoms with van der Waals surface area (Å²) >= 11 is 0. The fraction of sp³-hybridized carbons (Fsp3) is 0.900. The zero-order valence-electron chi connectivity index (χ0n) is 8.07. The molecular weight excluding hydrogens is 120 g/mol. The van der Waals surface area contributed by atoms with Crippen molar-refractivity contribution in [1.82, 2.24) is 0 Å². The third-order valence-electron chi connectivity index (χ3n) is 2.18. The smallest absolute Gasteiger partial charge is 0.0652 e. The molecule has 0 amide bonds. The Kier molecular flexibility index (Phi) is 4.76. The van der Waals surface area contributed by atoms with Crippen LogP contribution in [-0.4, -0.2) is 0 Å². The van der Waals surface area contributed by atoms with Crippen LogP contribution >= 0.6 is 0 Å². The number of rotatable bonds is 4. The van der Waals surface area contributed by atoms with Crippen molar-refractivity contribution in [2.75, 3.05) is 0 Å². The molecule has 10 heavy (non-hydrogen) atoms. The van der Waals surface area contributed by atoms with E-state index >= 15 is 0 Å². The van der Waals surface area contributed by atoms with Crippen LogP contribution in [-0.2, 0) is 0 Å². The summed E-state index contributed by atoms with van der Waals surface area (Å²) in [5.74, 6) is 3.31. The Hall–Kier alpha value is 0. The lowest BCUT2D eigenvalue weighted by atomic mass is 9.87. The standard InChI is InChI=1S/C10H21/c1-6-9(4)10(5)7-8(2)3/h8-9H,6-7H2,1-5H3/q-1. The van der Waals surface area contributed by atoms with Crippen LogP contribution in [0.15, 0.2) is 0 Å². The molecule has 0 aromatic rings. The van der Waals surface area contributed by atoms with E-state index in [4.69, 9.17) is 0 Å². The molecule has 0 N–H and O–H groups in total. The van der Waals surface area contributed by atoms with Crippen LogP contribution in [0.5, 0.6) is 0 Å². The first kappa shape index (κ1) is 10.0. The Balaban J connectivity index is 3.50. The lowest BCUT2D eigenvalue weighted by Crippen LogP contribution is -2.07. The Morgan fingerprint density at radius 1 is 1.20 bits per heavy atom. The zero-order valence-corrected chi connectivity index (χ0v) is 8.07. The van der Waals surface area contributed by atoms with Crippen LogP contribution < -0.4 is 0 Å². The molecule has 1 atom stereocenters. The third-order valence-corrected chi connectivity index (χ3v) is 2.18. The second kappa shape index (κ2) is 4.76. The molecule has 0 aliphatic heterocycles. The molecule has 1 unspecified atom stereocenters. The topological polar surface area (TPSA) is 0 Å². The van der Waals surface area contributed by atoms with Gasteiger partial charge >= 0.3 is 0 Å². The van der Waals surface area contributed by atoms with E-state index in [0.717, 1.165) is 11.8 Å². The van der Waals surface area contributed by atoms with E-state index in [0.29, 0.717) is 0 Å². The summed E-state index contributed by atoms with van der Waals surface area (Å²) < 4.78 is 0. The molecule has 0 aromatic heterocycles. The molecule has 0 nitrogen and oxygen atoms in total. The van der Waals surface area contributed by atoms with Gasteiger partial charge in [-0.15, -0.1) is 0 Å². The van der Waals surface area contributed by atoms with Gasteiger partial charge in [0, 0.05) is 0 Å². The maximum atomic E-state index is 2.32. The number of hydrogen-bond acceptors (Lipinski definition) is 0. The monoisotopic (exact) mass is 141 g/mol. The van der Waals surface area contributed by atoms with Crippen molar-refractivity contribution in [3.05, 3.63) is 5.92 Å². The lowest BCUT2D eigenvalue weighted by molar-refractivity contribution is 0.483. The van der Waals surface area contributed by atoms with Crippen molar-refractivity contribution in [2.24, 2.45) is 11.8 Å². The minimum Gasteiger partial charge on any atom is -0.314 e. The molecule has 62 valence electrons. The summed E-state index contributed by atoms with van der Waals surface area (Å²) in [5, 5.41) is 0. The highest BCUT2D eigenvalue weighted by Crippen LogP contribution is 2.23. The van der Waals surface area contributed by atoms with Gasteiger partial charge in [-0.25, -0.2) is 0 Å². The van der Waals surface area contributed by atoms with E-state index < -0.39 is 0 Å². The summed E-state index contributed by atoms with van der Waals surface area (Å²) in [7, 11) is 0. The zero-order chi connectivity index (χ0) is 8.15. The van der Waals surface area contributed by atoms with Crippen molar-refractivity contribution in [1.29, 1.82) is 0 Å². The highest BCUT2D eigenvalue weighted by Gasteiger charge is 1.98. The maximum Gasteiger partial charge on any atom is -0.0652 e. The molecular formula is C10H21-. The normalized spacial score (nSPS) is 14.7. The molecule has 0 heterocycles. The Morgan fingerprint density at radius 3 is 2.00 bits per heavy atom. The van der Waals surface area contributed by atoms with Gasteiger partial charge in [0.15, 0.2) is 0 Å². The SMILES string of the molecule is CCC(C)[C-](C)CC(C)C. The predicted molar refractivity (Wildman–Crippen MR) is 47.8 cm³/mol. The molecule has 0 saturated heterocycles. The first-order valence-corrected chi connectivity index (χ1v) is 4.40. The van der Waals surface area contributed by atoms with E-state index in [1.807, 2.05) is 0 Å². The summed E-state index contributed by atoms with van der Waals surface area (Å²) in [6, 6.07) is 0. The van der Waals surface area contributed by atoms with Gasteiger partial charge < -0.3 is 5.92 Å². The minimum absolute atomic E-state index is 0.822. The van der Waals surface area contributed by atoms with Gasteiger partial charge in [0.25, 0.3) is 0 Å². The second-order valence-electron chi connectivity index (χ2n) is 3.75. The maximum absolute atomic E-state index is 2.32.